The Labute approximate surface area is 533 Å². The van der Waals surface area contributed by atoms with Gasteiger partial charge in [-0.15, -0.1) is 0 Å². The van der Waals surface area contributed by atoms with Gasteiger partial charge in [0.05, 0.1) is 0 Å². The summed E-state index contributed by atoms with van der Waals surface area (Å²) in [7, 11) is -2.19. The monoisotopic (exact) mass is 1370 g/mol. The first kappa shape index (κ1) is 68.7. The summed E-state index contributed by atoms with van der Waals surface area (Å²) < 4.78 is 0. The Morgan fingerprint density at radius 3 is 0.692 bits per heavy atom. The minimum absolute atomic E-state index is 0. The molecule has 13 heteroatoms. The molecular weight excluding hydrogens is 1290 g/mol. The van der Waals surface area contributed by atoms with Gasteiger partial charge in [-0.05, 0) is 97.9 Å². The van der Waals surface area contributed by atoms with Crippen LogP contribution in [0, 0.1) is 0 Å². The van der Waals surface area contributed by atoms with E-state index in [1.807, 2.05) is 72.8 Å². The van der Waals surface area contributed by atoms with Crippen LogP contribution in [-0.2, 0) is 70.3 Å². The van der Waals surface area contributed by atoms with Gasteiger partial charge in [0.15, 0.2) is 0 Å². The van der Waals surface area contributed by atoms with Gasteiger partial charge in [-0.1, -0.05) is 203 Å². The quantitative estimate of drug-likeness (QED) is 0.0243. The van der Waals surface area contributed by atoms with E-state index in [1.54, 1.807) is 0 Å². The molecule has 0 N–H and O–H groups in total. The largest absolute Gasteiger partial charge is 2.00 e. The summed E-state index contributed by atoms with van der Waals surface area (Å²) in [4.78, 5) is 55.3. The van der Waals surface area contributed by atoms with Gasteiger partial charge in [0.25, 0.3) is 0 Å². The molecule has 0 fully saturated rings. The Hall–Kier alpha value is 3.69. The number of unbranched alkanes of at least 4 members (excludes halogenated alkanes) is 16. The van der Waals surface area contributed by atoms with E-state index in [1.165, 1.54) is 103 Å². The van der Waals surface area contributed by atoms with Crippen LogP contribution in [0.2, 0.25) is 0 Å². The molecule has 0 atom stereocenters. The Kier molecular flexibility index (Phi) is 43.3. The zero-order valence-corrected chi connectivity index (χ0v) is 58.9. The number of hydrogen-bond donors (Lipinski definition) is 0. The summed E-state index contributed by atoms with van der Waals surface area (Å²) in [5.74, 6) is 0. The smallest absolute Gasteiger partial charge is 0.853 e. The zero-order valence-electron chi connectivity index (χ0n) is 40.5. The molecular formula is C52H76Ba3O4P2S4. The first-order valence-corrected chi connectivity index (χ1v) is 32.8. The second-order valence-corrected chi connectivity index (χ2v) is 30.6. The molecule has 0 bridgehead atoms. The number of rotatable bonds is 28. The molecule has 0 aliphatic rings. The molecule has 0 aliphatic heterocycles. The average Bonchev–Trinajstić information content (AvgIpc) is 3.25. The van der Waals surface area contributed by atoms with Crippen molar-refractivity contribution in [3.05, 3.63) is 119 Å². The molecule has 348 valence electrons. The van der Waals surface area contributed by atoms with Crippen molar-refractivity contribution in [1.82, 2.24) is 0 Å². The van der Waals surface area contributed by atoms with Crippen LogP contribution in [0.1, 0.15) is 178 Å². The molecule has 0 unspecified atom stereocenters. The maximum atomic E-state index is 12.9. The minimum atomic E-state index is -4.01. The molecule has 0 aromatic heterocycles. The van der Waals surface area contributed by atoms with Crippen LogP contribution in [0.4, 0.5) is 0 Å². The summed E-state index contributed by atoms with van der Waals surface area (Å²) in [5.41, 5.74) is -3.46. The molecule has 4 aromatic rings. The first-order chi connectivity index (χ1) is 30.0. The minimum Gasteiger partial charge on any atom is -0.853 e. The molecule has 65 heavy (non-hydrogen) atoms. The predicted molar refractivity (Wildman–Crippen MR) is 289 cm³/mol. The Morgan fingerprint density at radius 2 is 0.508 bits per heavy atom. The average molecular weight is 1370 g/mol. The van der Waals surface area contributed by atoms with Crippen molar-refractivity contribution in [2.75, 3.05) is 0 Å². The van der Waals surface area contributed by atoms with Gasteiger partial charge in [0.2, 0.25) is 0 Å². The fourth-order valence-corrected chi connectivity index (χ4v) is 19.9. The molecule has 0 saturated heterocycles. The zero-order chi connectivity index (χ0) is 45.1. The molecule has 0 amide bonds. The first-order valence-electron chi connectivity index (χ1n) is 23.8. The van der Waals surface area contributed by atoms with Crippen molar-refractivity contribution < 1.29 is 19.6 Å². The van der Waals surface area contributed by atoms with Crippen molar-refractivity contribution in [2.45, 2.75) is 201 Å². The van der Waals surface area contributed by atoms with Crippen molar-refractivity contribution in [3.63, 3.8) is 0 Å². The summed E-state index contributed by atoms with van der Waals surface area (Å²) in [5, 5.41) is 0. The van der Waals surface area contributed by atoms with Gasteiger partial charge in [0, 0.05) is 19.6 Å². The van der Waals surface area contributed by atoms with E-state index in [0.29, 0.717) is 0 Å². The van der Waals surface area contributed by atoms with Crippen LogP contribution in [0.15, 0.2) is 117 Å². The van der Waals surface area contributed by atoms with Crippen molar-refractivity contribution in [3.8, 4) is 0 Å². The molecule has 0 saturated carbocycles. The van der Waals surface area contributed by atoms with Gasteiger partial charge in [-0.2, -0.15) is 20.1 Å². The Morgan fingerprint density at radius 1 is 0.323 bits per heavy atom. The summed E-state index contributed by atoms with van der Waals surface area (Å²) in [6.45, 7) is 8.88. The normalized spacial score (nSPS) is 11.4. The van der Waals surface area contributed by atoms with Crippen LogP contribution >= 0.6 is 11.4 Å². The molecule has 0 spiro atoms. The predicted octanol–water partition coefficient (Wildman–Crippen LogP) is 12.2. The Bertz CT molecular complexity index is 1710. The van der Waals surface area contributed by atoms with Gasteiger partial charge in [-0.25, -0.2) is 0 Å². The molecule has 0 radical (unpaired) electrons. The van der Waals surface area contributed by atoms with Crippen LogP contribution < -0.4 is 19.6 Å². The third-order valence-electron chi connectivity index (χ3n) is 11.4. The van der Waals surface area contributed by atoms with Crippen LogP contribution in [0.25, 0.3) is 0 Å². The van der Waals surface area contributed by atoms with E-state index in [4.69, 9.17) is 24.5 Å². The van der Waals surface area contributed by atoms with E-state index < -0.39 is 31.5 Å². The van der Waals surface area contributed by atoms with Crippen LogP contribution in [0.3, 0.4) is 0 Å². The van der Waals surface area contributed by atoms with Crippen LogP contribution in [-0.4, -0.2) is 147 Å². The number of benzene rings is 4. The van der Waals surface area contributed by atoms with Crippen LogP contribution in [0.5, 0.6) is 0 Å². The molecule has 0 aliphatic carbocycles. The van der Waals surface area contributed by atoms with E-state index in [2.05, 4.69) is 52.0 Å². The van der Waals surface area contributed by atoms with Crippen molar-refractivity contribution >= 4 is 203 Å². The number of aryl methyl sites for hydroxylation is 4. The standard InChI is InChI=1S/2C26H38O2PS2.3Ba/c2*1-3-5-7-9-11-17-23-19-13-15-21-25(23)31(29(27,28)30)26-22-16-14-20-24(26)18-12-10-8-6-4-2;;;/h2*13-16,19-22H,3-12,17-18H2,1-2H3;;;/q2*-3;3*+2. The fraction of sp³-hybridized carbons (Fsp3) is 0.538. The third kappa shape index (κ3) is 27.2. The van der Waals surface area contributed by atoms with Crippen molar-refractivity contribution in [1.29, 1.82) is 0 Å². The van der Waals surface area contributed by atoms with E-state index >= 15 is 0 Å². The number of hydrogen-bond acceptors (Lipinski definition) is 6. The molecule has 4 rings (SSSR count). The van der Waals surface area contributed by atoms with E-state index in [-0.39, 0.29) is 147 Å². The van der Waals surface area contributed by atoms with E-state index in [0.717, 1.165) is 93.2 Å². The summed E-state index contributed by atoms with van der Waals surface area (Å²) >= 11 is 10.3. The molecule has 4 aromatic carbocycles. The SMILES string of the molecule is CCCCCCCc1ccccc1S(c1ccccc1CCCCCCC)=P([O-])([O-])[S-].CCCCCCCc1ccccc1S(c1ccccc1CCCCCCC)=P([O-])([O-])[S-].[Ba+2].[Ba+2].[Ba+2]. The van der Waals surface area contributed by atoms with Crippen molar-refractivity contribution in [2.24, 2.45) is 0 Å². The second kappa shape index (κ2) is 41.0. The topological polar surface area (TPSA) is 92.2 Å². The van der Waals surface area contributed by atoms with Gasteiger partial charge >= 0.3 is 147 Å². The summed E-state index contributed by atoms with van der Waals surface area (Å²) in [6.07, 6.45) is 27.7. The van der Waals surface area contributed by atoms with Gasteiger partial charge in [-0.3, -0.25) is 0 Å². The molecule has 4 nitrogen and oxygen atoms in total. The fourth-order valence-electron chi connectivity index (χ4n) is 7.99. The van der Waals surface area contributed by atoms with Gasteiger partial charge < -0.3 is 55.5 Å². The maximum Gasteiger partial charge on any atom is 2.00 e. The second-order valence-electron chi connectivity index (χ2n) is 16.6. The third-order valence-corrected chi connectivity index (χ3v) is 23.3. The van der Waals surface area contributed by atoms with E-state index in [9.17, 15) is 19.6 Å². The maximum absolute atomic E-state index is 12.9. The molecule has 0 heterocycles. The Balaban J connectivity index is 0.00000120. The van der Waals surface area contributed by atoms with Gasteiger partial charge in [0.1, 0.15) is 0 Å². The summed E-state index contributed by atoms with van der Waals surface area (Å²) in [6, 6.07) is 32.2.